The predicted octanol–water partition coefficient (Wildman–Crippen LogP) is 1.87. The van der Waals surface area contributed by atoms with E-state index in [1.165, 1.54) is 18.5 Å². The van der Waals surface area contributed by atoms with Crippen molar-refractivity contribution in [2.24, 2.45) is 0 Å². The Kier molecular flexibility index (Phi) is 3.75. The molecule has 1 atom stereocenters. The fraction of sp³-hybridized carbons (Fsp3) is 0.538. The van der Waals surface area contributed by atoms with Crippen molar-refractivity contribution in [2.75, 3.05) is 19.6 Å². The van der Waals surface area contributed by atoms with Crippen LogP contribution in [0.2, 0.25) is 0 Å². The number of rotatable bonds is 4. The lowest BCUT2D eigenvalue weighted by Gasteiger charge is -2.26. The van der Waals surface area contributed by atoms with Crippen LogP contribution in [0.4, 0.5) is 0 Å². The zero-order valence-electron chi connectivity index (χ0n) is 9.45. The van der Waals surface area contributed by atoms with Crippen LogP contribution in [0.15, 0.2) is 30.3 Å². The summed E-state index contributed by atoms with van der Waals surface area (Å²) >= 11 is 0. The summed E-state index contributed by atoms with van der Waals surface area (Å²) in [7, 11) is 0. The molecule has 1 aromatic rings. The van der Waals surface area contributed by atoms with Gasteiger partial charge in [-0.2, -0.15) is 0 Å². The predicted molar refractivity (Wildman–Crippen MR) is 63.8 cm³/mol. The Morgan fingerprint density at radius 3 is 2.73 bits per heavy atom. The third kappa shape index (κ3) is 2.80. The Hall–Kier alpha value is -0.860. The summed E-state index contributed by atoms with van der Waals surface area (Å²) in [6, 6.07) is 11.5. The zero-order valence-corrected chi connectivity index (χ0v) is 9.45. The van der Waals surface area contributed by atoms with Gasteiger partial charge in [-0.1, -0.05) is 37.3 Å². The molecule has 1 saturated heterocycles. The fourth-order valence-electron chi connectivity index (χ4n) is 2.27. The van der Waals surface area contributed by atoms with Gasteiger partial charge in [0.15, 0.2) is 0 Å². The Labute approximate surface area is 92.3 Å². The van der Waals surface area contributed by atoms with Gasteiger partial charge >= 0.3 is 0 Å². The SMILES string of the molecule is CCN(Cc1ccccc1)C1CCNC1. The first-order chi connectivity index (χ1) is 7.40. The number of hydrogen-bond donors (Lipinski definition) is 1. The summed E-state index contributed by atoms with van der Waals surface area (Å²) in [5, 5.41) is 3.43. The second-order valence-electron chi connectivity index (χ2n) is 4.20. The van der Waals surface area contributed by atoms with Gasteiger partial charge in [0, 0.05) is 19.1 Å². The van der Waals surface area contributed by atoms with Crippen LogP contribution in [-0.2, 0) is 6.54 Å². The van der Waals surface area contributed by atoms with Crippen LogP contribution in [0, 0.1) is 0 Å². The molecule has 15 heavy (non-hydrogen) atoms. The van der Waals surface area contributed by atoms with E-state index >= 15 is 0 Å². The van der Waals surface area contributed by atoms with Crippen molar-refractivity contribution in [2.45, 2.75) is 25.9 Å². The van der Waals surface area contributed by atoms with Crippen LogP contribution in [0.5, 0.6) is 0 Å². The second kappa shape index (κ2) is 5.29. The van der Waals surface area contributed by atoms with Crippen molar-refractivity contribution in [1.82, 2.24) is 10.2 Å². The van der Waals surface area contributed by atoms with Gasteiger partial charge in [-0.25, -0.2) is 0 Å². The fourth-order valence-corrected chi connectivity index (χ4v) is 2.27. The molecule has 82 valence electrons. The molecule has 1 N–H and O–H groups in total. The van der Waals surface area contributed by atoms with Gasteiger partial charge in [-0.3, -0.25) is 4.90 Å². The maximum absolute atomic E-state index is 3.43. The van der Waals surface area contributed by atoms with E-state index in [2.05, 4.69) is 47.5 Å². The molecule has 0 amide bonds. The van der Waals surface area contributed by atoms with Gasteiger partial charge < -0.3 is 5.32 Å². The summed E-state index contributed by atoms with van der Waals surface area (Å²) in [5.41, 5.74) is 1.42. The summed E-state index contributed by atoms with van der Waals surface area (Å²) in [5.74, 6) is 0. The summed E-state index contributed by atoms with van der Waals surface area (Å²) < 4.78 is 0. The molecule has 0 spiro atoms. The van der Waals surface area contributed by atoms with Gasteiger partial charge in [0.05, 0.1) is 0 Å². The summed E-state index contributed by atoms with van der Waals surface area (Å²) in [6.07, 6.45) is 1.29. The third-order valence-electron chi connectivity index (χ3n) is 3.19. The molecule has 0 bridgehead atoms. The van der Waals surface area contributed by atoms with E-state index in [1.54, 1.807) is 0 Å². The van der Waals surface area contributed by atoms with Crippen molar-refractivity contribution >= 4 is 0 Å². The largest absolute Gasteiger partial charge is 0.315 e. The molecular weight excluding hydrogens is 184 g/mol. The minimum atomic E-state index is 0.732. The van der Waals surface area contributed by atoms with Gasteiger partial charge in [0.1, 0.15) is 0 Å². The van der Waals surface area contributed by atoms with Crippen LogP contribution in [0.1, 0.15) is 18.9 Å². The van der Waals surface area contributed by atoms with E-state index < -0.39 is 0 Å². The maximum Gasteiger partial charge on any atom is 0.0237 e. The van der Waals surface area contributed by atoms with Crippen LogP contribution in [0.25, 0.3) is 0 Å². The lowest BCUT2D eigenvalue weighted by atomic mass is 10.1. The monoisotopic (exact) mass is 204 g/mol. The Bertz CT molecular complexity index is 278. The first-order valence-corrected chi connectivity index (χ1v) is 5.89. The first-order valence-electron chi connectivity index (χ1n) is 5.89. The third-order valence-corrected chi connectivity index (χ3v) is 3.19. The summed E-state index contributed by atoms with van der Waals surface area (Å²) in [6.45, 7) is 6.81. The van der Waals surface area contributed by atoms with Crippen molar-refractivity contribution in [3.05, 3.63) is 35.9 Å². The average molecular weight is 204 g/mol. The van der Waals surface area contributed by atoms with Crippen molar-refractivity contribution in [1.29, 1.82) is 0 Å². The molecule has 1 aliphatic heterocycles. The molecule has 2 rings (SSSR count). The molecule has 0 aliphatic carbocycles. The van der Waals surface area contributed by atoms with E-state index in [-0.39, 0.29) is 0 Å². The van der Waals surface area contributed by atoms with E-state index in [4.69, 9.17) is 0 Å². The number of likely N-dealkylation sites (N-methyl/N-ethyl adjacent to an activating group) is 1. The van der Waals surface area contributed by atoms with Crippen molar-refractivity contribution in [3.63, 3.8) is 0 Å². The molecule has 0 aromatic heterocycles. The van der Waals surface area contributed by atoms with E-state index in [0.29, 0.717) is 0 Å². The molecule has 0 saturated carbocycles. The minimum Gasteiger partial charge on any atom is -0.315 e. The lowest BCUT2D eigenvalue weighted by Crippen LogP contribution is -2.36. The number of hydrogen-bond acceptors (Lipinski definition) is 2. The number of nitrogens with zero attached hydrogens (tertiary/aromatic N) is 1. The van der Waals surface area contributed by atoms with Crippen LogP contribution >= 0.6 is 0 Å². The lowest BCUT2D eigenvalue weighted by molar-refractivity contribution is 0.210. The smallest absolute Gasteiger partial charge is 0.0237 e. The molecule has 1 aliphatic rings. The molecule has 2 nitrogen and oxygen atoms in total. The van der Waals surface area contributed by atoms with Gasteiger partial charge in [-0.05, 0) is 25.1 Å². The van der Waals surface area contributed by atoms with E-state index in [0.717, 1.165) is 25.7 Å². The second-order valence-corrected chi connectivity index (χ2v) is 4.20. The first kappa shape index (κ1) is 10.7. The Morgan fingerprint density at radius 1 is 1.33 bits per heavy atom. The maximum atomic E-state index is 3.43. The number of nitrogens with one attached hydrogen (secondary N) is 1. The Balaban J connectivity index is 1.96. The van der Waals surface area contributed by atoms with Crippen LogP contribution in [-0.4, -0.2) is 30.6 Å². The molecule has 1 unspecified atom stereocenters. The minimum absolute atomic E-state index is 0.732. The number of benzene rings is 1. The zero-order chi connectivity index (χ0) is 10.5. The molecule has 2 heteroatoms. The highest BCUT2D eigenvalue weighted by Crippen LogP contribution is 2.12. The van der Waals surface area contributed by atoms with Crippen molar-refractivity contribution < 1.29 is 0 Å². The van der Waals surface area contributed by atoms with Gasteiger partial charge in [0.2, 0.25) is 0 Å². The van der Waals surface area contributed by atoms with Gasteiger partial charge in [0.25, 0.3) is 0 Å². The van der Waals surface area contributed by atoms with Crippen LogP contribution in [0.3, 0.4) is 0 Å². The van der Waals surface area contributed by atoms with Crippen LogP contribution < -0.4 is 5.32 Å². The highest BCUT2D eigenvalue weighted by atomic mass is 15.2. The molecule has 1 heterocycles. The van der Waals surface area contributed by atoms with Crippen molar-refractivity contribution in [3.8, 4) is 0 Å². The molecule has 0 radical (unpaired) electrons. The Morgan fingerprint density at radius 2 is 2.13 bits per heavy atom. The quantitative estimate of drug-likeness (QED) is 0.805. The van der Waals surface area contributed by atoms with E-state index in [9.17, 15) is 0 Å². The topological polar surface area (TPSA) is 15.3 Å². The molecule has 1 fully saturated rings. The standard InChI is InChI=1S/C13H20N2/c1-2-15(13-8-9-14-10-13)11-12-6-4-3-5-7-12/h3-7,13-14H,2,8-11H2,1H3. The molecule has 1 aromatic carbocycles. The normalized spacial score (nSPS) is 21.1. The molecular formula is C13H20N2. The average Bonchev–Trinajstić information content (AvgIpc) is 2.81. The van der Waals surface area contributed by atoms with E-state index in [1.807, 2.05) is 0 Å². The highest BCUT2D eigenvalue weighted by molar-refractivity contribution is 5.14. The highest BCUT2D eigenvalue weighted by Gasteiger charge is 2.20. The van der Waals surface area contributed by atoms with Gasteiger partial charge in [-0.15, -0.1) is 0 Å². The summed E-state index contributed by atoms with van der Waals surface area (Å²) in [4.78, 5) is 2.56.